The number of H-pyrrole nitrogens is 1. The average Bonchev–Trinajstić information content (AvgIpc) is 2.89. The molecule has 0 aliphatic rings. The molecular formula is C12H11N3. The summed E-state index contributed by atoms with van der Waals surface area (Å²) < 4.78 is 2.19. The summed E-state index contributed by atoms with van der Waals surface area (Å²) in [5.74, 6) is 0. The molecule has 0 saturated carbocycles. The molecule has 3 heteroatoms. The normalized spacial score (nSPS) is 10.9. The smallest absolute Gasteiger partial charge is 0.0881 e. The van der Waals surface area contributed by atoms with Crippen LogP contribution in [0.4, 0.5) is 0 Å². The molecule has 3 heterocycles. The van der Waals surface area contributed by atoms with Gasteiger partial charge in [-0.2, -0.15) is 0 Å². The first-order chi connectivity index (χ1) is 7.43. The summed E-state index contributed by atoms with van der Waals surface area (Å²) in [5, 5.41) is 0. The molecule has 15 heavy (non-hydrogen) atoms. The first kappa shape index (κ1) is 8.29. The fraction of sp³-hybridized carbons (Fsp3) is 0.0833. The van der Waals surface area contributed by atoms with Gasteiger partial charge in [-0.15, -0.1) is 0 Å². The van der Waals surface area contributed by atoms with Gasteiger partial charge in [-0.1, -0.05) is 0 Å². The maximum absolute atomic E-state index is 4.30. The Morgan fingerprint density at radius 3 is 3.07 bits per heavy atom. The standard InChI is InChI=1S/C12H11N3/c1-3-10(13-6-1)9-15-8-5-11-12(15)4-2-7-14-11/h1-8,13H,9H2. The molecule has 0 aromatic carbocycles. The lowest BCUT2D eigenvalue weighted by atomic mass is 10.4. The van der Waals surface area contributed by atoms with Crippen molar-refractivity contribution in [1.82, 2.24) is 14.5 Å². The number of fused-ring (bicyclic) bond motifs is 1. The molecule has 0 atom stereocenters. The molecule has 0 saturated heterocycles. The third-order valence-corrected chi connectivity index (χ3v) is 2.54. The van der Waals surface area contributed by atoms with Crippen LogP contribution in [-0.4, -0.2) is 14.5 Å². The molecule has 0 amide bonds. The predicted octanol–water partition coefficient (Wildman–Crippen LogP) is 2.41. The van der Waals surface area contributed by atoms with Crippen LogP contribution in [0, 0.1) is 0 Å². The number of hydrogen-bond donors (Lipinski definition) is 1. The Morgan fingerprint density at radius 2 is 2.20 bits per heavy atom. The lowest BCUT2D eigenvalue weighted by Crippen LogP contribution is -1.97. The van der Waals surface area contributed by atoms with E-state index in [1.807, 2.05) is 30.6 Å². The SMILES string of the molecule is c1c[nH]c(Cn2ccc3ncccc32)c1. The van der Waals surface area contributed by atoms with Crippen LogP contribution in [0.5, 0.6) is 0 Å². The Kier molecular flexibility index (Phi) is 1.81. The fourth-order valence-electron chi connectivity index (χ4n) is 1.81. The summed E-state index contributed by atoms with van der Waals surface area (Å²) >= 11 is 0. The van der Waals surface area contributed by atoms with Crippen molar-refractivity contribution in [2.24, 2.45) is 0 Å². The molecule has 0 aliphatic carbocycles. The number of aromatic amines is 1. The van der Waals surface area contributed by atoms with E-state index in [4.69, 9.17) is 0 Å². The molecule has 3 aromatic rings. The summed E-state index contributed by atoms with van der Waals surface area (Å²) in [5.41, 5.74) is 3.42. The van der Waals surface area contributed by atoms with Crippen LogP contribution in [0.15, 0.2) is 48.9 Å². The molecule has 0 bridgehead atoms. The number of aromatic nitrogens is 3. The predicted molar refractivity (Wildman–Crippen MR) is 59.6 cm³/mol. The Balaban J connectivity index is 2.05. The van der Waals surface area contributed by atoms with Gasteiger partial charge in [0.1, 0.15) is 0 Å². The molecule has 0 spiro atoms. The van der Waals surface area contributed by atoms with Gasteiger partial charge in [-0.05, 0) is 30.3 Å². The van der Waals surface area contributed by atoms with E-state index in [-0.39, 0.29) is 0 Å². The van der Waals surface area contributed by atoms with Crippen LogP contribution in [-0.2, 0) is 6.54 Å². The van der Waals surface area contributed by atoms with E-state index in [0.29, 0.717) is 0 Å². The lowest BCUT2D eigenvalue weighted by molar-refractivity contribution is 0.814. The minimum absolute atomic E-state index is 0.863. The highest BCUT2D eigenvalue weighted by molar-refractivity contribution is 5.75. The third-order valence-electron chi connectivity index (χ3n) is 2.54. The molecule has 0 unspecified atom stereocenters. The van der Waals surface area contributed by atoms with E-state index in [0.717, 1.165) is 12.1 Å². The van der Waals surface area contributed by atoms with E-state index >= 15 is 0 Å². The molecule has 3 rings (SSSR count). The minimum atomic E-state index is 0.863. The Morgan fingerprint density at radius 1 is 1.20 bits per heavy atom. The van der Waals surface area contributed by atoms with Crippen molar-refractivity contribution in [2.45, 2.75) is 6.54 Å². The minimum Gasteiger partial charge on any atom is -0.364 e. The van der Waals surface area contributed by atoms with Crippen LogP contribution >= 0.6 is 0 Å². The molecule has 0 fully saturated rings. The molecule has 0 aliphatic heterocycles. The highest BCUT2D eigenvalue weighted by atomic mass is 15.0. The van der Waals surface area contributed by atoms with Gasteiger partial charge in [0.05, 0.1) is 17.6 Å². The highest BCUT2D eigenvalue weighted by Crippen LogP contribution is 2.13. The van der Waals surface area contributed by atoms with Gasteiger partial charge in [0, 0.05) is 24.3 Å². The van der Waals surface area contributed by atoms with Crippen molar-refractivity contribution < 1.29 is 0 Å². The summed E-state index contributed by atoms with van der Waals surface area (Å²) in [6.45, 7) is 0.863. The molecule has 1 N–H and O–H groups in total. The van der Waals surface area contributed by atoms with E-state index in [1.165, 1.54) is 11.2 Å². The molecule has 3 nitrogen and oxygen atoms in total. The van der Waals surface area contributed by atoms with Gasteiger partial charge in [0.15, 0.2) is 0 Å². The molecular weight excluding hydrogens is 186 g/mol. The number of nitrogens with zero attached hydrogens (tertiary/aromatic N) is 2. The lowest BCUT2D eigenvalue weighted by Gasteiger charge is -2.02. The third kappa shape index (κ3) is 1.42. The van der Waals surface area contributed by atoms with Crippen molar-refractivity contribution in [1.29, 1.82) is 0 Å². The van der Waals surface area contributed by atoms with Gasteiger partial charge >= 0.3 is 0 Å². The quantitative estimate of drug-likeness (QED) is 0.672. The van der Waals surface area contributed by atoms with Crippen LogP contribution < -0.4 is 0 Å². The summed E-state index contributed by atoms with van der Waals surface area (Å²) in [4.78, 5) is 7.50. The number of hydrogen-bond acceptors (Lipinski definition) is 1. The van der Waals surface area contributed by atoms with Crippen LogP contribution in [0.2, 0.25) is 0 Å². The van der Waals surface area contributed by atoms with Gasteiger partial charge in [-0.3, -0.25) is 4.98 Å². The summed E-state index contributed by atoms with van der Waals surface area (Å²) in [6, 6.07) is 10.2. The second-order valence-electron chi connectivity index (χ2n) is 3.55. The second-order valence-corrected chi connectivity index (χ2v) is 3.55. The van der Waals surface area contributed by atoms with Crippen molar-refractivity contribution in [3.8, 4) is 0 Å². The van der Waals surface area contributed by atoms with E-state index in [9.17, 15) is 0 Å². The maximum atomic E-state index is 4.30. The molecule has 74 valence electrons. The number of nitrogens with one attached hydrogen (secondary N) is 1. The summed E-state index contributed by atoms with van der Waals surface area (Å²) in [7, 11) is 0. The highest BCUT2D eigenvalue weighted by Gasteiger charge is 2.01. The van der Waals surface area contributed by atoms with Gasteiger partial charge in [0.25, 0.3) is 0 Å². The van der Waals surface area contributed by atoms with Crippen LogP contribution in [0.1, 0.15) is 5.69 Å². The monoisotopic (exact) mass is 197 g/mol. The van der Waals surface area contributed by atoms with Gasteiger partial charge in [-0.25, -0.2) is 0 Å². The van der Waals surface area contributed by atoms with Gasteiger partial charge < -0.3 is 9.55 Å². The van der Waals surface area contributed by atoms with Crippen molar-refractivity contribution >= 4 is 11.0 Å². The molecule has 0 radical (unpaired) electrons. The van der Waals surface area contributed by atoms with Gasteiger partial charge in [0.2, 0.25) is 0 Å². The Labute approximate surface area is 87.4 Å². The fourth-order valence-corrected chi connectivity index (χ4v) is 1.81. The number of rotatable bonds is 2. The maximum Gasteiger partial charge on any atom is 0.0881 e. The summed E-state index contributed by atoms with van der Waals surface area (Å²) in [6.07, 6.45) is 5.83. The first-order valence-electron chi connectivity index (χ1n) is 4.95. The largest absolute Gasteiger partial charge is 0.364 e. The zero-order valence-corrected chi connectivity index (χ0v) is 8.22. The number of pyridine rings is 1. The van der Waals surface area contributed by atoms with Crippen LogP contribution in [0.3, 0.4) is 0 Å². The van der Waals surface area contributed by atoms with Crippen LogP contribution in [0.25, 0.3) is 11.0 Å². The van der Waals surface area contributed by atoms with E-state index in [1.54, 1.807) is 0 Å². The average molecular weight is 197 g/mol. The molecule has 3 aromatic heterocycles. The zero-order chi connectivity index (χ0) is 10.1. The Hall–Kier alpha value is -2.03. The van der Waals surface area contributed by atoms with Crippen molar-refractivity contribution in [2.75, 3.05) is 0 Å². The van der Waals surface area contributed by atoms with Crippen molar-refractivity contribution in [3.63, 3.8) is 0 Å². The zero-order valence-electron chi connectivity index (χ0n) is 8.22. The topological polar surface area (TPSA) is 33.6 Å². The van der Waals surface area contributed by atoms with E-state index in [2.05, 4.69) is 32.9 Å². The second kappa shape index (κ2) is 3.28. The van der Waals surface area contributed by atoms with E-state index < -0.39 is 0 Å². The first-order valence-corrected chi connectivity index (χ1v) is 4.95. The van der Waals surface area contributed by atoms with Crippen molar-refractivity contribution in [3.05, 3.63) is 54.6 Å². The Bertz CT molecular complexity index is 563.